The van der Waals surface area contributed by atoms with Gasteiger partial charge in [0.2, 0.25) is 0 Å². The highest BCUT2D eigenvalue weighted by Crippen LogP contribution is 2.47. The van der Waals surface area contributed by atoms with E-state index in [4.69, 9.17) is 17.3 Å². The first-order chi connectivity index (χ1) is 13.0. The van der Waals surface area contributed by atoms with Crippen LogP contribution in [0.1, 0.15) is 29.4 Å². The Kier molecular flexibility index (Phi) is 5.35. The van der Waals surface area contributed by atoms with Gasteiger partial charge >= 0.3 is 6.18 Å². The second kappa shape index (κ2) is 7.31. The van der Waals surface area contributed by atoms with Crippen molar-refractivity contribution >= 4 is 23.2 Å². The molecule has 10 heteroatoms. The van der Waals surface area contributed by atoms with Crippen LogP contribution in [0.5, 0.6) is 0 Å². The lowest BCUT2D eigenvalue weighted by atomic mass is 9.80. The average molecular weight is 417 g/mol. The summed E-state index contributed by atoms with van der Waals surface area (Å²) in [7, 11) is 0. The lowest BCUT2D eigenvalue weighted by Crippen LogP contribution is -2.47. The van der Waals surface area contributed by atoms with Crippen molar-refractivity contribution in [2.45, 2.75) is 31.2 Å². The van der Waals surface area contributed by atoms with Gasteiger partial charge in [-0.15, -0.1) is 0 Å². The number of carbonyl (C=O) groups is 1. The van der Waals surface area contributed by atoms with Crippen LogP contribution in [0.4, 0.5) is 23.2 Å². The fraction of sp³-hybridized carbons (Fsp3) is 0.333. The molecule has 5 nitrogen and oxygen atoms in total. The monoisotopic (exact) mass is 416 g/mol. The van der Waals surface area contributed by atoms with Gasteiger partial charge in [0.15, 0.2) is 0 Å². The second-order valence-corrected chi connectivity index (χ2v) is 7.23. The Morgan fingerprint density at radius 1 is 1.36 bits per heavy atom. The molecule has 0 radical (unpaired) electrons. The molecule has 0 spiro atoms. The van der Waals surface area contributed by atoms with Crippen molar-refractivity contribution in [1.29, 1.82) is 0 Å². The lowest BCUT2D eigenvalue weighted by Gasteiger charge is -2.34. The molecular weight excluding hydrogens is 400 g/mol. The van der Waals surface area contributed by atoms with Crippen molar-refractivity contribution in [2.24, 2.45) is 11.7 Å². The number of aromatic nitrogens is 1. The van der Waals surface area contributed by atoms with E-state index in [-0.39, 0.29) is 23.4 Å². The molecule has 3 rings (SSSR count). The fourth-order valence-electron chi connectivity index (χ4n) is 3.47. The molecule has 28 heavy (non-hydrogen) atoms. The number of nitrogens with two attached hydrogens (primary N) is 1. The Labute approximate surface area is 163 Å². The number of alkyl halides is 3. The largest absolute Gasteiger partial charge is 0.394 e. The summed E-state index contributed by atoms with van der Waals surface area (Å²) in [6.45, 7) is 1.25. The van der Waals surface area contributed by atoms with Gasteiger partial charge in [-0.1, -0.05) is 11.6 Å². The van der Waals surface area contributed by atoms with E-state index >= 15 is 0 Å². The molecule has 0 bridgehead atoms. The molecule has 1 aromatic carbocycles. The Balaban J connectivity index is 1.93. The van der Waals surface area contributed by atoms with Crippen molar-refractivity contribution < 1.29 is 22.4 Å². The van der Waals surface area contributed by atoms with Crippen molar-refractivity contribution in [2.75, 3.05) is 5.32 Å². The minimum atomic E-state index is -4.57. The first kappa shape index (κ1) is 20.5. The molecule has 1 aliphatic heterocycles. The average Bonchev–Trinajstić information content (AvgIpc) is 2.93. The highest BCUT2D eigenvalue weighted by atomic mass is 35.5. The van der Waals surface area contributed by atoms with Gasteiger partial charge in [-0.05, 0) is 43.7 Å². The molecule has 3 atom stereocenters. The van der Waals surface area contributed by atoms with E-state index in [2.05, 4.69) is 15.6 Å². The number of nitrogens with zero attached hydrogens (tertiary/aromatic N) is 1. The van der Waals surface area contributed by atoms with Crippen LogP contribution >= 0.6 is 11.6 Å². The first-order valence-electron chi connectivity index (χ1n) is 8.33. The molecule has 1 saturated heterocycles. The first-order valence-corrected chi connectivity index (χ1v) is 8.71. The maximum Gasteiger partial charge on any atom is 0.394 e. The zero-order valence-electron chi connectivity index (χ0n) is 14.6. The van der Waals surface area contributed by atoms with E-state index in [1.54, 1.807) is 0 Å². The van der Waals surface area contributed by atoms with Gasteiger partial charge in [-0.25, -0.2) is 9.37 Å². The predicted molar refractivity (Wildman–Crippen MR) is 96.2 cm³/mol. The van der Waals surface area contributed by atoms with Crippen LogP contribution in [-0.2, 0) is 5.54 Å². The number of hydrogen-bond donors (Lipinski definition) is 3. The van der Waals surface area contributed by atoms with E-state index in [1.807, 2.05) is 0 Å². The number of rotatable bonds is 3. The van der Waals surface area contributed by atoms with Crippen LogP contribution in [0.2, 0.25) is 5.02 Å². The third-order valence-corrected chi connectivity index (χ3v) is 5.03. The SMILES string of the molecule is C[C@]1(c2cc(NC(=O)c3ccc(Cl)cn3)ccc2F)NC(N)C[C@H]1C(F)(F)F. The summed E-state index contributed by atoms with van der Waals surface area (Å²) in [5, 5.41) is 5.48. The molecule has 2 aromatic rings. The lowest BCUT2D eigenvalue weighted by molar-refractivity contribution is -0.188. The van der Waals surface area contributed by atoms with Gasteiger partial charge in [0.1, 0.15) is 11.5 Å². The van der Waals surface area contributed by atoms with E-state index in [9.17, 15) is 22.4 Å². The van der Waals surface area contributed by atoms with E-state index < -0.39 is 35.5 Å². The zero-order chi connectivity index (χ0) is 20.7. The number of nitrogens with one attached hydrogen (secondary N) is 2. The summed E-state index contributed by atoms with van der Waals surface area (Å²) in [5.74, 6) is -3.32. The van der Waals surface area contributed by atoms with Crippen LogP contribution in [0.25, 0.3) is 0 Å². The molecule has 0 saturated carbocycles. The highest BCUT2D eigenvalue weighted by Gasteiger charge is 2.57. The van der Waals surface area contributed by atoms with Gasteiger partial charge in [0.25, 0.3) is 5.91 Å². The topological polar surface area (TPSA) is 80.0 Å². The Morgan fingerprint density at radius 2 is 2.07 bits per heavy atom. The number of pyridine rings is 1. The number of anilines is 1. The van der Waals surface area contributed by atoms with E-state index in [0.717, 1.165) is 6.07 Å². The van der Waals surface area contributed by atoms with Gasteiger partial charge in [0.05, 0.1) is 22.6 Å². The zero-order valence-corrected chi connectivity index (χ0v) is 15.4. The second-order valence-electron chi connectivity index (χ2n) is 6.79. The molecular formula is C18H17ClF4N4O. The normalized spacial score (nSPS) is 25.0. The van der Waals surface area contributed by atoms with Crippen LogP contribution in [0, 0.1) is 11.7 Å². The van der Waals surface area contributed by atoms with E-state index in [1.165, 1.54) is 37.4 Å². The Morgan fingerprint density at radius 3 is 2.68 bits per heavy atom. The summed E-state index contributed by atoms with van der Waals surface area (Å²) in [6, 6.07) is 6.30. The van der Waals surface area contributed by atoms with Crippen molar-refractivity contribution in [3.63, 3.8) is 0 Å². The van der Waals surface area contributed by atoms with Crippen molar-refractivity contribution in [3.05, 3.63) is 58.6 Å². The smallest absolute Gasteiger partial charge is 0.321 e. The summed E-state index contributed by atoms with van der Waals surface area (Å²) < 4.78 is 55.0. The van der Waals surface area contributed by atoms with E-state index in [0.29, 0.717) is 5.02 Å². The molecule has 1 aromatic heterocycles. The molecule has 1 amide bonds. The van der Waals surface area contributed by atoms with Gasteiger partial charge in [0, 0.05) is 17.4 Å². The summed E-state index contributed by atoms with van der Waals surface area (Å²) in [6.07, 6.45) is -4.61. The molecule has 1 aliphatic rings. The Bertz CT molecular complexity index is 890. The number of amides is 1. The predicted octanol–water partition coefficient (Wildman–Crippen LogP) is 3.80. The molecule has 2 heterocycles. The molecule has 0 aliphatic carbocycles. The maximum absolute atomic E-state index is 14.5. The van der Waals surface area contributed by atoms with Crippen LogP contribution in [-0.4, -0.2) is 23.2 Å². The Hall–Kier alpha value is -2.23. The number of halogens is 5. The summed E-state index contributed by atoms with van der Waals surface area (Å²) in [5.41, 5.74) is 3.84. The number of carbonyl (C=O) groups excluding carboxylic acids is 1. The molecule has 150 valence electrons. The molecule has 1 unspecified atom stereocenters. The third kappa shape index (κ3) is 3.96. The van der Waals surface area contributed by atoms with Crippen LogP contribution in [0.15, 0.2) is 36.5 Å². The quantitative estimate of drug-likeness (QED) is 0.665. The number of benzene rings is 1. The number of hydrogen-bond acceptors (Lipinski definition) is 4. The fourth-order valence-corrected chi connectivity index (χ4v) is 3.58. The highest BCUT2D eigenvalue weighted by molar-refractivity contribution is 6.30. The van der Waals surface area contributed by atoms with Crippen LogP contribution < -0.4 is 16.4 Å². The molecule has 1 fully saturated rings. The van der Waals surface area contributed by atoms with Gasteiger partial charge < -0.3 is 11.1 Å². The van der Waals surface area contributed by atoms with Gasteiger partial charge in [-0.3, -0.25) is 10.1 Å². The van der Waals surface area contributed by atoms with Gasteiger partial charge in [-0.2, -0.15) is 13.2 Å². The van der Waals surface area contributed by atoms with Crippen molar-refractivity contribution in [3.8, 4) is 0 Å². The maximum atomic E-state index is 14.5. The van der Waals surface area contributed by atoms with Crippen LogP contribution in [0.3, 0.4) is 0 Å². The third-order valence-electron chi connectivity index (χ3n) is 4.81. The minimum absolute atomic E-state index is 0.0515. The minimum Gasteiger partial charge on any atom is -0.321 e. The summed E-state index contributed by atoms with van der Waals surface area (Å²) in [4.78, 5) is 16.1. The standard InChI is InChI=1S/C18H17ClF4N4O/c1-17(14(18(21,22)23)7-15(24)27-17)11-6-10(3-4-12(11)20)26-16(28)13-5-2-9(19)8-25-13/h2-6,8,14-15,27H,7,24H2,1H3,(H,26,28)/t14-,15?,17-/m1/s1. The molecule has 4 N–H and O–H groups in total. The summed E-state index contributed by atoms with van der Waals surface area (Å²) >= 11 is 5.72. The van der Waals surface area contributed by atoms with Crippen molar-refractivity contribution in [1.82, 2.24) is 10.3 Å².